The number of aromatic amines is 1. The molecule has 96 valence electrons. The quantitative estimate of drug-likeness (QED) is 0.688. The Hall–Kier alpha value is -2.13. The van der Waals surface area contributed by atoms with Gasteiger partial charge in [-0.25, -0.2) is 9.37 Å². The second-order valence-electron chi connectivity index (χ2n) is 3.78. The summed E-state index contributed by atoms with van der Waals surface area (Å²) in [5.41, 5.74) is -0.0552. The maximum Gasteiger partial charge on any atom is 0.270 e. The molecule has 0 saturated carbocycles. The van der Waals surface area contributed by atoms with Crippen molar-refractivity contribution in [2.45, 2.75) is 11.4 Å². The molecule has 0 aliphatic carbocycles. The van der Waals surface area contributed by atoms with Gasteiger partial charge in [0.25, 0.3) is 5.56 Å². The average Bonchev–Trinajstić information content (AvgIpc) is 2.40. The van der Waals surface area contributed by atoms with Crippen LogP contribution in [0.1, 0.15) is 17.0 Å². The van der Waals surface area contributed by atoms with E-state index in [1.54, 1.807) is 24.5 Å². The molecule has 1 heterocycles. The van der Waals surface area contributed by atoms with Gasteiger partial charge < -0.3 is 4.98 Å². The molecular formula is C13H10FN3OS. The van der Waals surface area contributed by atoms with Crippen molar-refractivity contribution in [1.29, 1.82) is 5.26 Å². The first-order valence-electron chi connectivity index (χ1n) is 5.46. The van der Waals surface area contributed by atoms with E-state index in [4.69, 9.17) is 5.26 Å². The number of nitrogens with one attached hydrogen (secondary N) is 1. The van der Waals surface area contributed by atoms with Gasteiger partial charge in [-0.1, -0.05) is 18.2 Å². The molecule has 0 radical (unpaired) electrons. The second kappa shape index (κ2) is 5.67. The lowest BCUT2D eigenvalue weighted by Gasteiger charge is -2.05. The minimum absolute atomic E-state index is 0.00946. The average molecular weight is 275 g/mol. The number of hydrogen-bond donors (Lipinski definition) is 1. The Morgan fingerprint density at radius 1 is 1.47 bits per heavy atom. The molecule has 2 aromatic rings. The summed E-state index contributed by atoms with van der Waals surface area (Å²) in [6.07, 6.45) is 1.91. The number of rotatable bonds is 3. The van der Waals surface area contributed by atoms with E-state index in [1.165, 1.54) is 17.8 Å². The van der Waals surface area contributed by atoms with Gasteiger partial charge in [0.15, 0.2) is 0 Å². The first-order valence-corrected chi connectivity index (χ1v) is 6.69. The van der Waals surface area contributed by atoms with Gasteiger partial charge in [0, 0.05) is 6.42 Å². The lowest BCUT2D eigenvalue weighted by molar-refractivity contribution is 0.611. The molecule has 0 bridgehead atoms. The zero-order valence-corrected chi connectivity index (χ0v) is 10.9. The van der Waals surface area contributed by atoms with Crippen molar-refractivity contribution in [2.75, 3.05) is 6.26 Å². The van der Waals surface area contributed by atoms with Gasteiger partial charge in [-0.3, -0.25) is 4.79 Å². The fourth-order valence-corrected chi connectivity index (χ4v) is 2.19. The molecule has 0 unspecified atom stereocenters. The Labute approximate surface area is 113 Å². The largest absolute Gasteiger partial charge is 0.309 e. The highest BCUT2D eigenvalue weighted by Gasteiger charge is 2.11. The summed E-state index contributed by atoms with van der Waals surface area (Å²) in [5.74, 6) is -0.00124. The van der Waals surface area contributed by atoms with Gasteiger partial charge in [0.2, 0.25) is 0 Å². The van der Waals surface area contributed by atoms with E-state index in [1.807, 2.05) is 6.07 Å². The third-order valence-electron chi connectivity index (χ3n) is 2.56. The Balaban J connectivity index is 2.43. The molecule has 0 aliphatic rings. The molecule has 6 heteroatoms. The van der Waals surface area contributed by atoms with Gasteiger partial charge in [0.1, 0.15) is 28.3 Å². The van der Waals surface area contributed by atoms with Crippen LogP contribution in [0.5, 0.6) is 0 Å². The maximum absolute atomic E-state index is 13.5. The Bertz CT molecular complexity index is 706. The number of thioether (sulfide) groups is 1. The highest BCUT2D eigenvalue weighted by Crippen LogP contribution is 2.15. The van der Waals surface area contributed by atoms with E-state index in [2.05, 4.69) is 9.97 Å². The normalized spacial score (nSPS) is 10.2. The second-order valence-corrected chi connectivity index (χ2v) is 4.57. The van der Waals surface area contributed by atoms with Crippen LogP contribution < -0.4 is 5.56 Å². The number of halogens is 1. The monoisotopic (exact) mass is 275 g/mol. The van der Waals surface area contributed by atoms with Crippen LogP contribution in [0.15, 0.2) is 34.1 Å². The lowest BCUT2D eigenvalue weighted by Crippen LogP contribution is -2.17. The van der Waals surface area contributed by atoms with Crippen molar-refractivity contribution < 1.29 is 4.39 Å². The SMILES string of the molecule is CSc1nc(Cc2ccccc2F)[nH]c(=O)c1C#N. The van der Waals surface area contributed by atoms with Gasteiger partial charge in [-0.05, 0) is 17.9 Å². The van der Waals surface area contributed by atoms with Crippen molar-refractivity contribution in [1.82, 2.24) is 9.97 Å². The van der Waals surface area contributed by atoms with Crippen LogP contribution >= 0.6 is 11.8 Å². The molecule has 1 N–H and O–H groups in total. The van der Waals surface area contributed by atoms with Gasteiger partial charge in [0.05, 0.1) is 0 Å². The van der Waals surface area contributed by atoms with Gasteiger partial charge in [-0.15, -0.1) is 11.8 Å². The molecule has 0 aliphatic heterocycles. The topological polar surface area (TPSA) is 69.5 Å². The molecule has 0 fully saturated rings. The van der Waals surface area contributed by atoms with E-state index in [0.29, 0.717) is 16.4 Å². The molecule has 0 amide bonds. The minimum Gasteiger partial charge on any atom is -0.309 e. The summed E-state index contributed by atoms with van der Waals surface area (Å²) in [6.45, 7) is 0. The predicted octanol–water partition coefficient (Wildman–Crippen LogP) is 2.09. The lowest BCUT2D eigenvalue weighted by atomic mass is 10.1. The highest BCUT2D eigenvalue weighted by atomic mass is 32.2. The third-order valence-corrected chi connectivity index (χ3v) is 3.24. The molecule has 2 rings (SSSR count). The summed E-state index contributed by atoms with van der Waals surface area (Å²) in [4.78, 5) is 18.4. The molecule has 1 aromatic heterocycles. The first-order chi connectivity index (χ1) is 9.15. The van der Waals surface area contributed by atoms with Crippen molar-refractivity contribution in [3.63, 3.8) is 0 Å². The fraction of sp³-hybridized carbons (Fsp3) is 0.154. The van der Waals surface area contributed by atoms with Crippen molar-refractivity contribution in [3.8, 4) is 6.07 Å². The van der Waals surface area contributed by atoms with Crippen molar-refractivity contribution >= 4 is 11.8 Å². The van der Waals surface area contributed by atoms with E-state index in [-0.39, 0.29) is 17.8 Å². The summed E-state index contributed by atoms with van der Waals surface area (Å²) < 4.78 is 13.5. The molecule has 1 aromatic carbocycles. The Morgan fingerprint density at radius 3 is 2.84 bits per heavy atom. The van der Waals surface area contributed by atoms with E-state index >= 15 is 0 Å². The van der Waals surface area contributed by atoms with E-state index in [0.717, 1.165) is 0 Å². The van der Waals surface area contributed by atoms with Crippen molar-refractivity contribution in [3.05, 3.63) is 57.4 Å². The number of nitrogens with zero attached hydrogens (tertiary/aromatic N) is 2. The van der Waals surface area contributed by atoms with Crippen LogP contribution in [0.2, 0.25) is 0 Å². The zero-order valence-electron chi connectivity index (χ0n) is 10.1. The fourth-order valence-electron chi connectivity index (χ4n) is 1.65. The van der Waals surface area contributed by atoms with Crippen LogP contribution in [-0.2, 0) is 6.42 Å². The van der Waals surface area contributed by atoms with Crippen molar-refractivity contribution in [2.24, 2.45) is 0 Å². The van der Waals surface area contributed by atoms with E-state index < -0.39 is 5.56 Å². The van der Waals surface area contributed by atoms with Crippen LogP contribution in [0, 0.1) is 17.1 Å². The van der Waals surface area contributed by atoms with Crippen LogP contribution in [-0.4, -0.2) is 16.2 Å². The van der Waals surface area contributed by atoms with Crippen LogP contribution in [0.25, 0.3) is 0 Å². The standard InChI is InChI=1S/C13H10FN3OS/c1-19-13-9(7-15)12(18)16-11(17-13)6-8-4-2-3-5-10(8)14/h2-5H,6H2,1H3,(H,16,17,18). The highest BCUT2D eigenvalue weighted by molar-refractivity contribution is 7.98. The molecular weight excluding hydrogens is 265 g/mol. The number of aromatic nitrogens is 2. The minimum atomic E-state index is -0.492. The van der Waals surface area contributed by atoms with E-state index in [9.17, 15) is 9.18 Å². The summed E-state index contributed by atoms with van der Waals surface area (Å²) >= 11 is 1.22. The summed E-state index contributed by atoms with van der Waals surface area (Å²) in [6, 6.07) is 8.12. The maximum atomic E-state index is 13.5. The number of H-pyrrole nitrogens is 1. The number of hydrogen-bond acceptors (Lipinski definition) is 4. The molecule has 0 atom stereocenters. The summed E-state index contributed by atoms with van der Waals surface area (Å²) in [7, 11) is 0. The summed E-state index contributed by atoms with van der Waals surface area (Å²) in [5, 5.41) is 9.23. The predicted molar refractivity (Wildman–Crippen MR) is 70.6 cm³/mol. The first kappa shape index (κ1) is 13.3. The van der Waals surface area contributed by atoms with Gasteiger partial charge >= 0.3 is 0 Å². The van der Waals surface area contributed by atoms with Crippen LogP contribution in [0.3, 0.4) is 0 Å². The molecule has 0 spiro atoms. The number of nitriles is 1. The third kappa shape index (κ3) is 2.83. The van der Waals surface area contributed by atoms with Crippen LogP contribution in [0.4, 0.5) is 4.39 Å². The molecule has 0 saturated heterocycles. The van der Waals surface area contributed by atoms with Gasteiger partial charge in [-0.2, -0.15) is 5.26 Å². The zero-order chi connectivity index (χ0) is 13.8. The number of benzene rings is 1. The Morgan fingerprint density at radius 2 is 2.21 bits per heavy atom. The molecule has 4 nitrogen and oxygen atoms in total. The Kier molecular flexibility index (Phi) is 3.97. The molecule has 19 heavy (non-hydrogen) atoms. The smallest absolute Gasteiger partial charge is 0.270 e.